The molecular formula is C17H24BrNO. The van der Waals surface area contributed by atoms with Crippen LogP contribution in [-0.2, 0) is 4.79 Å². The van der Waals surface area contributed by atoms with E-state index in [1.54, 1.807) is 0 Å². The second-order valence-corrected chi connectivity index (χ2v) is 6.59. The first-order valence-corrected chi connectivity index (χ1v) is 8.67. The number of hydrogen-bond acceptors (Lipinski definition) is 1. The van der Waals surface area contributed by atoms with Gasteiger partial charge < -0.3 is 5.32 Å². The first-order chi connectivity index (χ1) is 9.62. The van der Waals surface area contributed by atoms with Gasteiger partial charge in [-0.25, -0.2) is 0 Å². The highest BCUT2D eigenvalue weighted by atomic mass is 79.9. The summed E-state index contributed by atoms with van der Waals surface area (Å²) >= 11 is 3.56. The van der Waals surface area contributed by atoms with Crippen LogP contribution in [-0.4, -0.2) is 16.8 Å². The van der Waals surface area contributed by atoms with Crippen molar-refractivity contribution in [3.8, 4) is 0 Å². The second kappa shape index (κ2) is 6.75. The van der Waals surface area contributed by atoms with Gasteiger partial charge in [0, 0.05) is 10.9 Å². The van der Waals surface area contributed by atoms with Gasteiger partial charge in [0.1, 0.15) is 0 Å². The minimum Gasteiger partial charge on any atom is -0.349 e. The van der Waals surface area contributed by atoms with Crippen molar-refractivity contribution in [2.45, 2.75) is 51.0 Å². The van der Waals surface area contributed by atoms with E-state index in [2.05, 4.69) is 47.2 Å². The van der Waals surface area contributed by atoms with E-state index in [-0.39, 0.29) is 17.4 Å². The van der Waals surface area contributed by atoms with Crippen LogP contribution in [0.1, 0.15) is 51.0 Å². The first kappa shape index (κ1) is 15.6. The molecule has 20 heavy (non-hydrogen) atoms. The molecule has 1 aliphatic rings. The fraction of sp³-hybridized carbons (Fsp3) is 0.588. The summed E-state index contributed by atoms with van der Waals surface area (Å²) < 4.78 is 0. The van der Waals surface area contributed by atoms with Gasteiger partial charge in [-0.05, 0) is 30.7 Å². The highest BCUT2D eigenvalue weighted by molar-refractivity contribution is 9.09. The summed E-state index contributed by atoms with van der Waals surface area (Å²) in [4.78, 5) is 12.8. The number of nitrogens with one attached hydrogen (secondary N) is 1. The van der Waals surface area contributed by atoms with Gasteiger partial charge in [0.2, 0.25) is 5.91 Å². The molecule has 0 bridgehead atoms. The Kier molecular flexibility index (Phi) is 5.25. The smallest absolute Gasteiger partial charge is 0.228 e. The van der Waals surface area contributed by atoms with Gasteiger partial charge in [0.05, 0.1) is 5.92 Å². The molecule has 1 aliphatic carbocycles. The van der Waals surface area contributed by atoms with Crippen molar-refractivity contribution in [3.63, 3.8) is 0 Å². The van der Waals surface area contributed by atoms with E-state index in [1.165, 1.54) is 6.42 Å². The number of carbonyl (C=O) groups is 1. The van der Waals surface area contributed by atoms with Crippen molar-refractivity contribution < 1.29 is 4.79 Å². The molecule has 0 aliphatic heterocycles. The van der Waals surface area contributed by atoms with E-state index in [4.69, 9.17) is 0 Å². The molecule has 2 rings (SSSR count). The normalized spacial score (nSPS) is 19.8. The van der Waals surface area contributed by atoms with E-state index in [9.17, 15) is 4.79 Å². The standard InChI is InChI=1S/C17H24BrNO/c1-3-13(2)15(14-8-5-4-6-9-14)16(20)19-17(12-18)10-7-11-17/h4-6,8-9,13,15H,3,7,10-12H2,1-2H3,(H,19,20). The Hall–Kier alpha value is -0.830. The molecule has 0 saturated heterocycles. The molecule has 1 amide bonds. The lowest BCUT2D eigenvalue weighted by molar-refractivity contribution is -0.126. The number of hydrogen-bond donors (Lipinski definition) is 1. The minimum absolute atomic E-state index is 0.00241. The number of rotatable bonds is 6. The number of halogens is 1. The predicted molar refractivity (Wildman–Crippen MR) is 87.2 cm³/mol. The molecule has 0 aromatic heterocycles. The summed E-state index contributed by atoms with van der Waals surface area (Å²) in [6, 6.07) is 10.2. The van der Waals surface area contributed by atoms with Gasteiger partial charge in [-0.2, -0.15) is 0 Å². The van der Waals surface area contributed by atoms with Crippen LogP contribution in [0.4, 0.5) is 0 Å². The van der Waals surface area contributed by atoms with E-state index in [1.807, 2.05) is 18.2 Å². The average Bonchev–Trinajstić information content (AvgIpc) is 2.44. The molecule has 2 nitrogen and oxygen atoms in total. The third-order valence-corrected chi connectivity index (χ3v) is 5.68. The lowest BCUT2D eigenvalue weighted by atomic mass is 9.77. The molecule has 110 valence electrons. The van der Waals surface area contributed by atoms with Crippen LogP contribution >= 0.6 is 15.9 Å². The SMILES string of the molecule is CCC(C)C(C(=O)NC1(CBr)CCC1)c1ccccc1. The van der Waals surface area contributed by atoms with Crippen molar-refractivity contribution >= 4 is 21.8 Å². The van der Waals surface area contributed by atoms with Gasteiger partial charge in [-0.3, -0.25) is 4.79 Å². The lowest BCUT2D eigenvalue weighted by Crippen LogP contribution is -2.56. The van der Waals surface area contributed by atoms with Gasteiger partial charge in [0.15, 0.2) is 0 Å². The van der Waals surface area contributed by atoms with Crippen LogP contribution < -0.4 is 5.32 Å². The summed E-state index contributed by atoms with van der Waals surface area (Å²) in [6.45, 7) is 4.32. The number of carbonyl (C=O) groups excluding carboxylic acids is 1. The Balaban J connectivity index is 2.17. The van der Waals surface area contributed by atoms with Crippen LogP contribution in [0, 0.1) is 5.92 Å². The summed E-state index contributed by atoms with van der Waals surface area (Å²) in [6.07, 6.45) is 4.40. The van der Waals surface area contributed by atoms with Gasteiger partial charge in [-0.15, -0.1) is 0 Å². The molecule has 0 radical (unpaired) electrons. The lowest BCUT2D eigenvalue weighted by Gasteiger charge is -2.42. The van der Waals surface area contributed by atoms with Crippen molar-refractivity contribution in [3.05, 3.63) is 35.9 Å². The number of benzene rings is 1. The Bertz CT molecular complexity index is 436. The van der Waals surface area contributed by atoms with Crippen LogP contribution in [0.2, 0.25) is 0 Å². The molecule has 2 unspecified atom stereocenters. The number of alkyl halides is 1. The molecule has 2 atom stereocenters. The molecular weight excluding hydrogens is 314 g/mol. The molecule has 1 aromatic rings. The zero-order chi connectivity index (χ0) is 14.6. The molecule has 1 saturated carbocycles. The molecule has 3 heteroatoms. The molecule has 0 heterocycles. The van der Waals surface area contributed by atoms with E-state index < -0.39 is 0 Å². The summed E-state index contributed by atoms with van der Waals surface area (Å²) in [5, 5.41) is 4.16. The third-order valence-electron chi connectivity index (χ3n) is 4.61. The van der Waals surface area contributed by atoms with Crippen molar-refractivity contribution in [1.29, 1.82) is 0 Å². The predicted octanol–water partition coefficient (Wildman–Crippen LogP) is 4.25. The fourth-order valence-electron chi connectivity index (χ4n) is 2.87. The van der Waals surface area contributed by atoms with Crippen LogP contribution in [0.25, 0.3) is 0 Å². The Morgan fingerprint density at radius 2 is 2.00 bits per heavy atom. The van der Waals surface area contributed by atoms with Gasteiger partial charge >= 0.3 is 0 Å². The largest absolute Gasteiger partial charge is 0.349 e. The highest BCUT2D eigenvalue weighted by Crippen LogP contribution is 2.35. The zero-order valence-electron chi connectivity index (χ0n) is 12.4. The number of amides is 1. The molecule has 1 aromatic carbocycles. The topological polar surface area (TPSA) is 29.1 Å². The Morgan fingerprint density at radius 1 is 1.35 bits per heavy atom. The van der Waals surface area contributed by atoms with Crippen LogP contribution in [0.3, 0.4) is 0 Å². The summed E-state index contributed by atoms with van der Waals surface area (Å²) in [5.41, 5.74) is 1.13. The quantitative estimate of drug-likeness (QED) is 0.772. The first-order valence-electron chi connectivity index (χ1n) is 7.55. The van der Waals surface area contributed by atoms with Gasteiger partial charge in [-0.1, -0.05) is 66.5 Å². The monoisotopic (exact) mass is 337 g/mol. The maximum absolute atomic E-state index is 12.8. The summed E-state index contributed by atoms with van der Waals surface area (Å²) in [7, 11) is 0. The molecule has 1 fully saturated rings. The minimum atomic E-state index is -0.0438. The third kappa shape index (κ3) is 3.25. The Morgan fingerprint density at radius 3 is 2.45 bits per heavy atom. The zero-order valence-corrected chi connectivity index (χ0v) is 13.9. The fourth-order valence-corrected chi connectivity index (χ4v) is 3.57. The van der Waals surface area contributed by atoms with Crippen LogP contribution in [0.5, 0.6) is 0 Å². The summed E-state index contributed by atoms with van der Waals surface area (Å²) in [5.74, 6) is 0.493. The second-order valence-electron chi connectivity index (χ2n) is 6.03. The maximum atomic E-state index is 12.8. The molecule has 1 N–H and O–H groups in total. The average molecular weight is 338 g/mol. The van der Waals surface area contributed by atoms with E-state index >= 15 is 0 Å². The van der Waals surface area contributed by atoms with E-state index in [0.717, 1.165) is 30.2 Å². The molecule has 0 spiro atoms. The van der Waals surface area contributed by atoms with Crippen molar-refractivity contribution in [2.24, 2.45) is 5.92 Å². The van der Waals surface area contributed by atoms with Crippen molar-refractivity contribution in [2.75, 3.05) is 5.33 Å². The highest BCUT2D eigenvalue weighted by Gasteiger charge is 2.39. The van der Waals surface area contributed by atoms with Crippen molar-refractivity contribution in [1.82, 2.24) is 5.32 Å². The van der Waals surface area contributed by atoms with E-state index in [0.29, 0.717) is 5.92 Å². The van der Waals surface area contributed by atoms with Gasteiger partial charge in [0.25, 0.3) is 0 Å². The Labute approximate surface area is 130 Å². The van der Waals surface area contributed by atoms with Crippen LogP contribution in [0.15, 0.2) is 30.3 Å². The maximum Gasteiger partial charge on any atom is 0.228 e.